The molecule has 0 aromatic carbocycles. The van der Waals surface area contributed by atoms with Crippen LogP contribution in [0.4, 0.5) is 5.82 Å². The van der Waals surface area contributed by atoms with E-state index < -0.39 is 0 Å². The molecule has 1 aliphatic carbocycles. The van der Waals surface area contributed by atoms with Crippen molar-refractivity contribution in [1.29, 1.82) is 0 Å². The Morgan fingerprint density at radius 1 is 1.42 bits per heavy atom. The van der Waals surface area contributed by atoms with E-state index in [-0.39, 0.29) is 11.1 Å². The van der Waals surface area contributed by atoms with Crippen molar-refractivity contribution in [1.82, 2.24) is 9.55 Å². The van der Waals surface area contributed by atoms with Crippen molar-refractivity contribution in [3.05, 3.63) is 22.7 Å². The van der Waals surface area contributed by atoms with E-state index in [0.717, 1.165) is 38.6 Å². The van der Waals surface area contributed by atoms with E-state index in [0.29, 0.717) is 11.7 Å². The summed E-state index contributed by atoms with van der Waals surface area (Å²) in [7, 11) is 0. The van der Waals surface area contributed by atoms with Gasteiger partial charge in [0.25, 0.3) is 5.56 Å². The normalized spacial score (nSPS) is 18.2. The molecule has 0 unspecified atom stereocenters. The van der Waals surface area contributed by atoms with E-state index >= 15 is 0 Å². The fourth-order valence-corrected chi connectivity index (χ4v) is 3.06. The molecule has 1 heterocycles. The second kappa shape index (κ2) is 6.42. The molecule has 1 saturated carbocycles. The van der Waals surface area contributed by atoms with Gasteiger partial charge in [0.05, 0.1) is 5.54 Å². The van der Waals surface area contributed by atoms with E-state index in [4.69, 9.17) is 11.6 Å². The molecule has 5 heteroatoms. The predicted octanol–water partition coefficient (Wildman–Crippen LogP) is 3.01. The molecular weight excluding hydrogens is 262 g/mol. The minimum absolute atomic E-state index is 0.0422. The third-order valence-corrected chi connectivity index (χ3v) is 4.34. The van der Waals surface area contributed by atoms with Crippen LogP contribution in [0.2, 0.25) is 0 Å². The fraction of sp³-hybridized carbons (Fsp3) is 0.714. The first kappa shape index (κ1) is 14.4. The summed E-state index contributed by atoms with van der Waals surface area (Å²) in [6, 6.07) is 0. The lowest BCUT2D eigenvalue weighted by Crippen LogP contribution is -2.44. The largest absolute Gasteiger partial charge is 0.359 e. The van der Waals surface area contributed by atoms with Crippen molar-refractivity contribution in [3.8, 4) is 0 Å². The van der Waals surface area contributed by atoms with Crippen LogP contribution in [0.15, 0.2) is 17.2 Å². The topological polar surface area (TPSA) is 46.9 Å². The maximum atomic E-state index is 12.3. The summed E-state index contributed by atoms with van der Waals surface area (Å²) in [4.78, 5) is 16.5. The zero-order valence-corrected chi connectivity index (χ0v) is 12.2. The third kappa shape index (κ3) is 3.30. The zero-order chi connectivity index (χ0) is 13.7. The maximum Gasteiger partial charge on any atom is 0.293 e. The summed E-state index contributed by atoms with van der Waals surface area (Å²) in [5.74, 6) is 0.968. The number of rotatable bonds is 5. The van der Waals surface area contributed by atoms with Gasteiger partial charge in [-0.3, -0.25) is 4.79 Å². The molecule has 0 aliphatic heterocycles. The number of alkyl halides is 1. The third-order valence-electron chi connectivity index (χ3n) is 3.83. The van der Waals surface area contributed by atoms with Gasteiger partial charge >= 0.3 is 0 Å². The number of hydrogen-bond acceptors (Lipinski definition) is 3. The maximum absolute atomic E-state index is 12.3. The molecule has 2 rings (SSSR count). The predicted molar refractivity (Wildman–Crippen MR) is 78.9 cm³/mol. The van der Waals surface area contributed by atoms with Crippen LogP contribution in [0, 0.1) is 0 Å². The van der Waals surface area contributed by atoms with Crippen molar-refractivity contribution in [2.75, 3.05) is 11.2 Å². The first-order valence-electron chi connectivity index (χ1n) is 7.10. The molecule has 4 nitrogen and oxygen atoms in total. The van der Waals surface area contributed by atoms with Crippen LogP contribution in [0.3, 0.4) is 0 Å². The highest BCUT2D eigenvalue weighted by atomic mass is 35.5. The SMILES string of the molecule is CCCn1ccnc(NC2(CCl)CCCCC2)c1=O. The highest BCUT2D eigenvalue weighted by molar-refractivity contribution is 6.18. The summed E-state index contributed by atoms with van der Waals surface area (Å²) < 4.78 is 1.71. The minimum Gasteiger partial charge on any atom is -0.359 e. The molecule has 0 atom stereocenters. The lowest BCUT2D eigenvalue weighted by Gasteiger charge is -2.36. The molecule has 1 aromatic rings. The van der Waals surface area contributed by atoms with Crippen LogP contribution >= 0.6 is 11.6 Å². The molecule has 1 aliphatic rings. The van der Waals surface area contributed by atoms with E-state index in [2.05, 4.69) is 17.2 Å². The Labute approximate surface area is 119 Å². The van der Waals surface area contributed by atoms with E-state index in [9.17, 15) is 4.79 Å². The van der Waals surface area contributed by atoms with E-state index in [1.807, 2.05) is 0 Å². The van der Waals surface area contributed by atoms with E-state index in [1.54, 1.807) is 17.0 Å². The van der Waals surface area contributed by atoms with Crippen molar-refractivity contribution in [2.45, 2.75) is 57.5 Å². The van der Waals surface area contributed by atoms with Gasteiger partial charge in [-0.25, -0.2) is 4.98 Å². The van der Waals surface area contributed by atoms with Crippen LogP contribution in [0.1, 0.15) is 45.4 Å². The first-order valence-corrected chi connectivity index (χ1v) is 7.64. The Bertz CT molecular complexity index is 466. The van der Waals surface area contributed by atoms with Gasteiger partial charge in [0, 0.05) is 24.8 Å². The Morgan fingerprint density at radius 3 is 2.79 bits per heavy atom. The van der Waals surface area contributed by atoms with Gasteiger partial charge in [0.2, 0.25) is 0 Å². The number of anilines is 1. The van der Waals surface area contributed by atoms with Gasteiger partial charge in [-0.1, -0.05) is 26.2 Å². The Hall–Kier alpha value is -1.03. The summed E-state index contributed by atoms with van der Waals surface area (Å²) >= 11 is 6.14. The van der Waals surface area contributed by atoms with E-state index in [1.165, 1.54) is 6.42 Å². The zero-order valence-electron chi connectivity index (χ0n) is 11.5. The quantitative estimate of drug-likeness (QED) is 0.845. The van der Waals surface area contributed by atoms with Crippen molar-refractivity contribution in [3.63, 3.8) is 0 Å². The first-order chi connectivity index (χ1) is 9.21. The fourth-order valence-electron chi connectivity index (χ4n) is 2.72. The number of halogens is 1. The second-order valence-corrected chi connectivity index (χ2v) is 5.64. The molecule has 106 valence electrons. The van der Waals surface area contributed by atoms with Gasteiger partial charge in [-0.05, 0) is 19.3 Å². The molecule has 0 spiro atoms. The number of nitrogens with one attached hydrogen (secondary N) is 1. The lowest BCUT2D eigenvalue weighted by molar-refractivity contribution is 0.352. The highest BCUT2D eigenvalue weighted by Crippen LogP contribution is 2.31. The van der Waals surface area contributed by atoms with Crippen LogP contribution in [0.25, 0.3) is 0 Å². The van der Waals surface area contributed by atoms with Crippen LogP contribution < -0.4 is 10.9 Å². The van der Waals surface area contributed by atoms with Crippen molar-refractivity contribution < 1.29 is 0 Å². The Morgan fingerprint density at radius 2 is 2.16 bits per heavy atom. The minimum atomic E-state index is -0.155. The smallest absolute Gasteiger partial charge is 0.293 e. The van der Waals surface area contributed by atoms with Gasteiger partial charge in [0.1, 0.15) is 0 Å². The second-order valence-electron chi connectivity index (χ2n) is 5.37. The molecular formula is C14H22ClN3O. The standard InChI is InChI=1S/C14H22ClN3O/c1-2-9-18-10-8-16-12(13(18)19)17-14(11-15)6-4-3-5-7-14/h8,10H,2-7,9,11H2,1H3,(H,16,17). The average molecular weight is 284 g/mol. The van der Waals surface area contributed by atoms with Gasteiger partial charge < -0.3 is 9.88 Å². The summed E-state index contributed by atoms with van der Waals surface area (Å²) in [5.41, 5.74) is -0.198. The van der Waals surface area contributed by atoms with Crippen LogP contribution in [0.5, 0.6) is 0 Å². The number of nitrogens with zero attached hydrogens (tertiary/aromatic N) is 2. The van der Waals surface area contributed by atoms with Crippen molar-refractivity contribution >= 4 is 17.4 Å². The summed E-state index contributed by atoms with van der Waals surface area (Å²) in [5, 5.41) is 3.33. The molecule has 0 radical (unpaired) electrons. The Kier molecular flexibility index (Phi) is 4.86. The van der Waals surface area contributed by atoms with Crippen LogP contribution in [-0.2, 0) is 6.54 Å². The average Bonchev–Trinajstić information content (AvgIpc) is 2.45. The van der Waals surface area contributed by atoms with Gasteiger partial charge in [-0.15, -0.1) is 11.6 Å². The molecule has 0 bridgehead atoms. The molecule has 19 heavy (non-hydrogen) atoms. The molecule has 1 aromatic heterocycles. The molecule has 1 N–H and O–H groups in total. The molecule has 1 fully saturated rings. The van der Waals surface area contributed by atoms with Gasteiger partial charge in [0.15, 0.2) is 5.82 Å². The number of aryl methyl sites for hydroxylation is 1. The number of hydrogen-bond donors (Lipinski definition) is 1. The lowest BCUT2D eigenvalue weighted by atomic mass is 9.83. The van der Waals surface area contributed by atoms with Crippen molar-refractivity contribution in [2.24, 2.45) is 0 Å². The molecule has 0 saturated heterocycles. The number of aromatic nitrogens is 2. The van der Waals surface area contributed by atoms with Crippen LogP contribution in [-0.4, -0.2) is 21.0 Å². The molecule has 0 amide bonds. The Balaban J connectivity index is 2.22. The summed E-state index contributed by atoms with van der Waals surface area (Å²) in [6.07, 6.45) is 9.97. The monoisotopic (exact) mass is 283 g/mol. The summed E-state index contributed by atoms with van der Waals surface area (Å²) in [6.45, 7) is 2.78. The van der Waals surface area contributed by atoms with Gasteiger partial charge in [-0.2, -0.15) is 0 Å². The highest BCUT2D eigenvalue weighted by Gasteiger charge is 2.32.